The van der Waals surface area contributed by atoms with E-state index >= 15 is 0 Å². The van der Waals surface area contributed by atoms with Crippen LogP contribution in [0.3, 0.4) is 0 Å². The van der Waals surface area contributed by atoms with E-state index in [0.29, 0.717) is 6.42 Å². The van der Waals surface area contributed by atoms with E-state index in [1.54, 1.807) is 0 Å². The van der Waals surface area contributed by atoms with Gasteiger partial charge in [0.05, 0.1) is 11.8 Å². The molecule has 0 aliphatic rings. The molecular formula is C32H42Na2O10S2. The molecule has 244 valence electrons. The molecule has 0 unspecified atom stereocenters. The fraction of sp³-hybridized carbons (Fsp3) is 0.500. The second kappa shape index (κ2) is 19.2. The predicted molar refractivity (Wildman–Crippen MR) is 162 cm³/mol. The average Bonchev–Trinajstić information content (AvgIpc) is 3.74. The van der Waals surface area contributed by atoms with Crippen LogP contribution in [-0.4, -0.2) is 25.9 Å². The summed E-state index contributed by atoms with van der Waals surface area (Å²) in [5.74, 6) is 4.09. The van der Waals surface area contributed by atoms with E-state index in [1.165, 1.54) is 42.5 Å². The molecule has 4 aromatic rings. The maximum absolute atomic E-state index is 11.0. The summed E-state index contributed by atoms with van der Waals surface area (Å²) in [7, 11) is -9.47. The standard InChI is InChI=1S/C18H26O2.C14H18O8S2.2Na/c1-6-7-8-9-16(17-10-12(2)14(4)19-17)18-11-13(3)15(5)20-18;1-2-3-4-5-10(11-6-8-13(21-11)23(15,16)17)12-7-9-14(22-12)24(18,19)20;;/h10-11,16H,6-9H2,1-5H3;6-10H,2-5H2,1H3,(H,15,16,17)(H,18,19,20);;/q;;2*+1/p-2. The zero-order valence-electron chi connectivity index (χ0n) is 28.2. The summed E-state index contributed by atoms with van der Waals surface area (Å²) >= 11 is 0. The van der Waals surface area contributed by atoms with Crippen LogP contribution in [0.5, 0.6) is 0 Å². The first-order chi connectivity index (χ1) is 20.6. The molecule has 0 aliphatic heterocycles. The van der Waals surface area contributed by atoms with E-state index in [2.05, 4.69) is 32.9 Å². The van der Waals surface area contributed by atoms with Gasteiger partial charge in [-0.15, -0.1) is 0 Å². The number of furan rings is 4. The van der Waals surface area contributed by atoms with Crippen molar-refractivity contribution in [2.45, 2.75) is 115 Å². The van der Waals surface area contributed by atoms with Crippen LogP contribution in [0.15, 0.2) is 64.3 Å². The molecule has 0 amide bonds. The summed E-state index contributed by atoms with van der Waals surface area (Å²) < 4.78 is 88.2. The Morgan fingerprint density at radius 2 is 0.913 bits per heavy atom. The largest absolute Gasteiger partial charge is 1.00 e. The predicted octanol–water partition coefficient (Wildman–Crippen LogP) is 2.22. The van der Waals surface area contributed by atoms with Gasteiger partial charge in [0.15, 0.2) is 20.2 Å². The van der Waals surface area contributed by atoms with Crippen LogP contribution in [0.1, 0.15) is 123 Å². The van der Waals surface area contributed by atoms with Crippen LogP contribution >= 0.6 is 0 Å². The summed E-state index contributed by atoms with van der Waals surface area (Å²) in [5, 5.41) is -1.44. The Morgan fingerprint density at radius 1 is 0.565 bits per heavy atom. The summed E-state index contributed by atoms with van der Waals surface area (Å²) in [6.45, 7) is 12.5. The van der Waals surface area contributed by atoms with Crippen molar-refractivity contribution in [3.05, 3.63) is 82.1 Å². The number of hydrogen-bond donors (Lipinski definition) is 0. The van der Waals surface area contributed by atoms with Gasteiger partial charge in [-0.3, -0.25) is 0 Å². The zero-order chi connectivity index (χ0) is 32.7. The molecule has 10 nitrogen and oxygen atoms in total. The van der Waals surface area contributed by atoms with Crippen LogP contribution < -0.4 is 59.1 Å². The second-order valence-corrected chi connectivity index (χ2v) is 13.7. The summed E-state index contributed by atoms with van der Waals surface area (Å²) in [5.41, 5.74) is 2.45. The molecule has 4 aromatic heterocycles. The Morgan fingerprint density at radius 3 is 1.17 bits per heavy atom. The van der Waals surface area contributed by atoms with Crippen LogP contribution in [0.2, 0.25) is 0 Å². The normalized spacial score (nSPS) is 11.7. The molecule has 0 saturated heterocycles. The molecule has 0 saturated carbocycles. The van der Waals surface area contributed by atoms with Gasteiger partial charge in [0.1, 0.15) is 34.6 Å². The third kappa shape index (κ3) is 12.1. The molecule has 0 fully saturated rings. The van der Waals surface area contributed by atoms with Gasteiger partial charge in [-0.25, -0.2) is 16.8 Å². The molecule has 0 atom stereocenters. The minimum absolute atomic E-state index is 0. The van der Waals surface area contributed by atoms with Gasteiger partial charge in [0, 0.05) is 0 Å². The van der Waals surface area contributed by atoms with Crippen LogP contribution in [0.4, 0.5) is 0 Å². The van der Waals surface area contributed by atoms with Crippen molar-refractivity contribution < 1.29 is 103 Å². The van der Waals surface area contributed by atoms with Gasteiger partial charge < -0.3 is 26.8 Å². The molecule has 14 heteroatoms. The molecule has 4 rings (SSSR count). The molecular weight excluding hydrogens is 654 g/mol. The van der Waals surface area contributed by atoms with Crippen molar-refractivity contribution in [1.29, 1.82) is 0 Å². The van der Waals surface area contributed by atoms with Gasteiger partial charge in [-0.1, -0.05) is 52.4 Å². The molecule has 0 aliphatic carbocycles. The van der Waals surface area contributed by atoms with Crippen molar-refractivity contribution in [3.63, 3.8) is 0 Å². The average molecular weight is 697 g/mol. The fourth-order valence-electron chi connectivity index (χ4n) is 4.91. The molecule has 0 radical (unpaired) electrons. The third-order valence-corrected chi connectivity index (χ3v) is 9.06. The van der Waals surface area contributed by atoms with E-state index in [1.807, 2.05) is 20.8 Å². The van der Waals surface area contributed by atoms with Crippen LogP contribution in [0, 0.1) is 27.7 Å². The quantitative estimate of drug-likeness (QED) is 0.108. The van der Waals surface area contributed by atoms with Crippen LogP contribution in [0.25, 0.3) is 0 Å². The third-order valence-electron chi connectivity index (χ3n) is 7.63. The van der Waals surface area contributed by atoms with Crippen molar-refractivity contribution in [2.24, 2.45) is 0 Å². The minimum Gasteiger partial charge on any atom is -0.742 e. The maximum atomic E-state index is 11.0. The Labute approximate surface area is 317 Å². The van der Waals surface area contributed by atoms with E-state index in [0.717, 1.165) is 60.9 Å². The van der Waals surface area contributed by atoms with Crippen LogP contribution in [-0.2, 0) is 20.2 Å². The molecule has 46 heavy (non-hydrogen) atoms. The van der Waals surface area contributed by atoms with Gasteiger partial charge in [0.2, 0.25) is 10.2 Å². The van der Waals surface area contributed by atoms with Crippen molar-refractivity contribution >= 4 is 20.2 Å². The van der Waals surface area contributed by atoms with Crippen molar-refractivity contribution in [3.8, 4) is 0 Å². The number of aryl methyl sites for hydroxylation is 4. The van der Waals surface area contributed by atoms with E-state index in [9.17, 15) is 25.9 Å². The zero-order valence-corrected chi connectivity index (χ0v) is 33.8. The number of hydrogen-bond acceptors (Lipinski definition) is 10. The van der Waals surface area contributed by atoms with E-state index in [4.69, 9.17) is 17.7 Å². The van der Waals surface area contributed by atoms with Crippen molar-refractivity contribution in [1.82, 2.24) is 0 Å². The van der Waals surface area contributed by atoms with Gasteiger partial charge in [0.25, 0.3) is 0 Å². The monoisotopic (exact) mass is 696 g/mol. The number of unbranched alkanes of at least 4 members (excludes halogenated alkanes) is 4. The first-order valence-electron chi connectivity index (χ1n) is 14.9. The molecule has 0 spiro atoms. The summed E-state index contributed by atoms with van der Waals surface area (Å²) in [6.07, 6.45) is 7.83. The molecule has 4 heterocycles. The summed E-state index contributed by atoms with van der Waals surface area (Å²) in [4.78, 5) is 0. The first-order valence-corrected chi connectivity index (χ1v) is 17.7. The van der Waals surface area contributed by atoms with Crippen molar-refractivity contribution in [2.75, 3.05) is 0 Å². The van der Waals surface area contributed by atoms with Gasteiger partial charge >= 0.3 is 59.1 Å². The smallest absolute Gasteiger partial charge is 0.742 e. The topological polar surface area (TPSA) is 167 Å². The molecule has 0 N–H and O–H groups in total. The Bertz CT molecular complexity index is 1560. The van der Waals surface area contributed by atoms with Gasteiger partial charge in [-0.05, 0) is 88.1 Å². The molecule has 0 aromatic carbocycles. The Balaban J connectivity index is 0.000000447. The maximum Gasteiger partial charge on any atom is 1.00 e. The molecule has 0 bridgehead atoms. The van der Waals surface area contributed by atoms with E-state index in [-0.39, 0.29) is 76.6 Å². The van der Waals surface area contributed by atoms with E-state index < -0.39 is 36.3 Å². The fourth-order valence-corrected chi connectivity index (χ4v) is 5.77. The first kappa shape index (κ1) is 43.0. The SMILES string of the molecule is CCCCCC(c1cc(C)c(C)o1)c1cc(C)c(C)o1.CCCCCC(c1ccc(S(=O)(=O)[O-])o1)c1ccc(S(=O)(=O)[O-])o1.[Na+].[Na+]. The summed E-state index contributed by atoms with van der Waals surface area (Å²) in [6, 6.07) is 9.07. The number of rotatable bonds is 14. The minimum atomic E-state index is -4.73. The van der Waals surface area contributed by atoms with Gasteiger partial charge in [-0.2, -0.15) is 0 Å². The Kier molecular flexibility index (Phi) is 17.9. The Hall–Kier alpha value is -1.06. The second-order valence-electron chi connectivity index (χ2n) is 11.1.